The van der Waals surface area contributed by atoms with Crippen molar-refractivity contribution in [2.75, 3.05) is 32.9 Å². The number of ether oxygens (including phenoxy) is 2. The molecular weight excluding hydrogens is 487 g/mol. The van der Waals surface area contributed by atoms with Crippen molar-refractivity contribution in [2.45, 2.75) is 6.54 Å². The van der Waals surface area contributed by atoms with E-state index in [9.17, 15) is 14.4 Å². The van der Waals surface area contributed by atoms with Crippen LogP contribution in [-0.2, 0) is 20.9 Å². The summed E-state index contributed by atoms with van der Waals surface area (Å²) in [5, 5.41) is 0.428. The molecule has 0 saturated carbocycles. The summed E-state index contributed by atoms with van der Waals surface area (Å²) in [4.78, 5) is 40.5. The summed E-state index contributed by atoms with van der Waals surface area (Å²) < 4.78 is 10.8. The van der Waals surface area contributed by atoms with Gasteiger partial charge in [-0.05, 0) is 53.2 Å². The second-order valence-corrected chi connectivity index (χ2v) is 9.17. The highest BCUT2D eigenvalue weighted by Crippen LogP contribution is 2.34. The number of rotatable bonds is 6. The molecule has 7 nitrogen and oxygen atoms in total. The van der Waals surface area contributed by atoms with Gasteiger partial charge in [-0.15, -0.1) is 0 Å². The number of imide groups is 1. The maximum Gasteiger partial charge on any atom is 0.293 e. The smallest absolute Gasteiger partial charge is 0.293 e. The molecule has 2 fully saturated rings. The molecule has 2 aliphatic heterocycles. The Bertz CT molecular complexity index is 1100. The molecule has 0 unspecified atom stereocenters. The van der Waals surface area contributed by atoms with Gasteiger partial charge in [0.15, 0.2) is 6.61 Å². The summed E-state index contributed by atoms with van der Waals surface area (Å²) >= 11 is 12.8. The largest absolute Gasteiger partial charge is 0.484 e. The summed E-state index contributed by atoms with van der Waals surface area (Å²) in [6.07, 6.45) is 1.66. The number of hydrogen-bond acceptors (Lipinski definition) is 6. The van der Waals surface area contributed by atoms with E-state index in [-0.39, 0.29) is 30.2 Å². The fourth-order valence-electron chi connectivity index (χ4n) is 3.32. The number of morpholine rings is 1. The Morgan fingerprint density at radius 2 is 1.79 bits per heavy atom. The number of carbonyl (C=O) groups excluding carboxylic acids is 3. The molecule has 0 atom stereocenters. The summed E-state index contributed by atoms with van der Waals surface area (Å²) in [5.41, 5.74) is 1.45. The second-order valence-electron chi connectivity index (χ2n) is 7.37. The predicted molar refractivity (Wildman–Crippen MR) is 127 cm³/mol. The first-order chi connectivity index (χ1) is 15.9. The Morgan fingerprint density at radius 3 is 2.48 bits per heavy atom. The van der Waals surface area contributed by atoms with Gasteiger partial charge in [-0.25, -0.2) is 0 Å². The van der Waals surface area contributed by atoms with E-state index in [2.05, 4.69) is 0 Å². The lowest BCUT2D eigenvalue weighted by molar-refractivity contribution is -0.137. The molecule has 0 bridgehead atoms. The third kappa shape index (κ3) is 5.89. The van der Waals surface area contributed by atoms with E-state index in [0.29, 0.717) is 52.6 Å². The molecule has 0 aromatic heterocycles. The van der Waals surface area contributed by atoms with Gasteiger partial charge in [0.2, 0.25) is 0 Å². The molecule has 10 heteroatoms. The molecule has 0 spiro atoms. The Morgan fingerprint density at radius 1 is 1.06 bits per heavy atom. The highest BCUT2D eigenvalue weighted by molar-refractivity contribution is 8.18. The van der Waals surface area contributed by atoms with Crippen LogP contribution in [0.1, 0.15) is 11.1 Å². The third-order valence-electron chi connectivity index (χ3n) is 5.10. The van der Waals surface area contributed by atoms with Gasteiger partial charge in [0, 0.05) is 13.1 Å². The Balaban J connectivity index is 1.36. The van der Waals surface area contributed by atoms with Gasteiger partial charge in [-0.2, -0.15) is 0 Å². The molecule has 2 aromatic carbocycles. The SMILES string of the molecule is O=C(COc1ccc(/C=C2\SC(=O)N(Cc3ccc(Cl)c(Cl)c3)C2=O)cc1)N1CCOCC1. The molecule has 172 valence electrons. The van der Waals surface area contributed by atoms with Crippen molar-refractivity contribution in [1.82, 2.24) is 9.80 Å². The average molecular weight is 507 g/mol. The number of benzene rings is 2. The minimum absolute atomic E-state index is 0.0487. The third-order valence-corrected chi connectivity index (χ3v) is 6.75. The van der Waals surface area contributed by atoms with Crippen molar-refractivity contribution in [2.24, 2.45) is 0 Å². The standard InChI is InChI=1S/C23H20Cl2N2O5S/c24-18-6-3-16(11-19(18)25)13-27-22(29)20(33-23(27)30)12-15-1-4-17(5-2-15)32-14-21(28)26-7-9-31-10-8-26/h1-6,11-12H,7-10,13-14H2/b20-12-. The minimum Gasteiger partial charge on any atom is -0.484 e. The van der Waals surface area contributed by atoms with E-state index in [1.165, 1.54) is 4.90 Å². The summed E-state index contributed by atoms with van der Waals surface area (Å²) in [6.45, 7) is 2.29. The first kappa shape index (κ1) is 23.6. The zero-order chi connectivity index (χ0) is 23.4. The van der Waals surface area contributed by atoms with Crippen LogP contribution in [0.3, 0.4) is 0 Å². The predicted octanol–water partition coefficient (Wildman–Crippen LogP) is 4.47. The number of halogens is 2. The normalized spacial score (nSPS) is 17.7. The van der Waals surface area contributed by atoms with Crippen molar-refractivity contribution in [1.29, 1.82) is 0 Å². The van der Waals surface area contributed by atoms with Crippen LogP contribution in [0.15, 0.2) is 47.4 Å². The first-order valence-electron chi connectivity index (χ1n) is 10.2. The van der Waals surface area contributed by atoms with Gasteiger partial charge in [0.1, 0.15) is 5.75 Å². The molecule has 0 radical (unpaired) electrons. The molecule has 2 aromatic rings. The van der Waals surface area contributed by atoms with Gasteiger partial charge >= 0.3 is 0 Å². The molecule has 0 N–H and O–H groups in total. The fraction of sp³-hybridized carbons (Fsp3) is 0.261. The van der Waals surface area contributed by atoms with Gasteiger partial charge in [0.25, 0.3) is 17.1 Å². The van der Waals surface area contributed by atoms with Gasteiger partial charge in [0.05, 0.1) is 34.7 Å². The van der Waals surface area contributed by atoms with E-state index < -0.39 is 0 Å². The molecule has 2 saturated heterocycles. The van der Waals surface area contributed by atoms with Crippen LogP contribution in [0, 0.1) is 0 Å². The van der Waals surface area contributed by atoms with E-state index in [1.807, 2.05) is 0 Å². The lowest BCUT2D eigenvalue weighted by Gasteiger charge is -2.26. The minimum atomic E-state index is -0.368. The van der Waals surface area contributed by atoms with E-state index in [4.69, 9.17) is 32.7 Å². The van der Waals surface area contributed by atoms with Crippen molar-refractivity contribution < 1.29 is 23.9 Å². The molecule has 3 amide bonds. The van der Waals surface area contributed by atoms with E-state index in [1.54, 1.807) is 53.4 Å². The van der Waals surface area contributed by atoms with Crippen molar-refractivity contribution in [3.8, 4) is 5.75 Å². The molecule has 2 heterocycles. The van der Waals surface area contributed by atoms with Crippen LogP contribution >= 0.6 is 35.0 Å². The van der Waals surface area contributed by atoms with Crippen LogP contribution in [0.2, 0.25) is 10.0 Å². The summed E-state index contributed by atoms with van der Waals surface area (Å²) in [6, 6.07) is 12.0. The van der Waals surface area contributed by atoms with Crippen molar-refractivity contribution in [3.05, 3.63) is 68.5 Å². The molecule has 4 rings (SSSR count). The number of nitrogens with zero attached hydrogens (tertiary/aromatic N) is 2. The zero-order valence-electron chi connectivity index (χ0n) is 17.5. The maximum atomic E-state index is 12.8. The molecule has 0 aliphatic carbocycles. The van der Waals surface area contributed by atoms with Crippen LogP contribution < -0.4 is 4.74 Å². The summed E-state index contributed by atoms with van der Waals surface area (Å²) in [7, 11) is 0. The van der Waals surface area contributed by atoms with Crippen molar-refractivity contribution >= 4 is 58.1 Å². The number of carbonyl (C=O) groups is 3. The van der Waals surface area contributed by atoms with Crippen molar-refractivity contribution in [3.63, 3.8) is 0 Å². The van der Waals surface area contributed by atoms with Gasteiger partial charge < -0.3 is 14.4 Å². The Kier molecular flexibility index (Phi) is 7.60. The monoisotopic (exact) mass is 506 g/mol. The second kappa shape index (κ2) is 10.6. The average Bonchev–Trinajstić information content (AvgIpc) is 3.08. The maximum absolute atomic E-state index is 12.8. The highest BCUT2D eigenvalue weighted by atomic mass is 35.5. The van der Waals surface area contributed by atoms with Gasteiger partial charge in [-0.3, -0.25) is 19.3 Å². The van der Waals surface area contributed by atoms with Crippen LogP contribution in [0.25, 0.3) is 6.08 Å². The number of amides is 3. The fourth-order valence-corrected chi connectivity index (χ4v) is 4.48. The molecular formula is C23H20Cl2N2O5S. The van der Waals surface area contributed by atoms with Crippen LogP contribution in [0.5, 0.6) is 5.75 Å². The number of hydrogen-bond donors (Lipinski definition) is 0. The number of thioether (sulfide) groups is 1. The van der Waals surface area contributed by atoms with Crippen LogP contribution in [-0.4, -0.2) is 59.8 Å². The molecule has 2 aliphatic rings. The molecule has 33 heavy (non-hydrogen) atoms. The first-order valence-corrected chi connectivity index (χ1v) is 11.8. The lowest BCUT2D eigenvalue weighted by atomic mass is 10.2. The Labute approximate surface area is 205 Å². The van der Waals surface area contributed by atoms with E-state index in [0.717, 1.165) is 17.3 Å². The lowest BCUT2D eigenvalue weighted by Crippen LogP contribution is -2.42. The van der Waals surface area contributed by atoms with E-state index >= 15 is 0 Å². The van der Waals surface area contributed by atoms with Gasteiger partial charge in [-0.1, -0.05) is 41.4 Å². The zero-order valence-corrected chi connectivity index (χ0v) is 19.8. The highest BCUT2D eigenvalue weighted by Gasteiger charge is 2.35. The quantitative estimate of drug-likeness (QED) is 0.538. The Hall–Kier alpha value is -2.52. The van der Waals surface area contributed by atoms with Crippen LogP contribution in [0.4, 0.5) is 4.79 Å². The topological polar surface area (TPSA) is 76.2 Å². The summed E-state index contributed by atoms with van der Waals surface area (Å²) in [5.74, 6) is 0.0898.